The first-order chi connectivity index (χ1) is 15.7. The zero-order chi connectivity index (χ0) is 24.3. The van der Waals surface area contributed by atoms with Crippen LogP contribution in [0, 0.1) is 0 Å². The van der Waals surface area contributed by atoms with Gasteiger partial charge in [0.2, 0.25) is 5.91 Å². The predicted molar refractivity (Wildman–Crippen MR) is 123 cm³/mol. The van der Waals surface area contributed by atoms with Gasteiger partial charge < -0.3 is 24.8 Å². The lowest BCUT2D eigenvalue weighted by molar-refractivity contribution is -0.145. The lowest BCUT2D eigenvalue weighted by atomic mass is 10.1. The van der Waals surface area contributed by atoms with E-state index in [1.807, 2.05) is 42.5 Å². The van der Waals surface area contributed by atoms with Gasteiger partial charge in [-0.2, -0.15) is 0 Å². The molecule has 0 bridgehead atoms. The van der Waals surface area contributed by atoms with Crippen LogP contribution in [0.25, 0.3) is 0 Å². The van der Waals surface area contributed by atoms with Crippen molar-refractivity contribution in [3.8, 4) is 5.75 Å². The van der Waals surface area contributed by atoms with Gasteiger partial charge in [0.05, 0.1) is 7.11 Å². The number of hydrogen-bond donors (Lipinski definition) is 2. The molecule has 0 unspecified atom stereocenters. The Balaban J connectivity index is 1.93. The number of rotatable bonds is 10. The third-order valence-corrected chi connectivity index (χ3v) is 4.51. The minimum atomic E-state index is -0.956. The monoisotopic (exact) mass is 456 g/mol. The number of nitrogens with one attached hydrogen (secondary N) is 2. The van der Waals surface area contributed by atoms with Crippen LogP contribution in [0.4, 0.5) is 4.79 Å². The quantitative estimate of drug-likeness (QED) is 0.528. The molecule has 178 valence electrons. The summed E-state index contributed by atoms with van der Waals surface area (Å²) in [6.45, 7) is 5.59. The Hall–Kier alpha value is -3.55. The first-order valence-electron chi connectivity index (χ1n) is 10.8. The number of benzene rings is 2. The fourth-order valence-corrected chi connectivity index (χ4v) is 2.85. The van der Waals surface area contributed by atoms with Crippen molar-refractivity contribution in [1.82, 2.24) is 10.6 Å². The van der Waals surface area contributed by atoms with Gasteiger partial charge >= 0.3 is 12.1 Å². The molecule has 0 aliphatic rings. The van der Waals surface area contributed by atoms with Gasteiger partial charge in [-0.1, -0.05) is 42.5 Å². The van der Waals surface area contributed by atoms with E-state index in [9.17, 15) is 14.4 Å². The number of methoxy groups -OCH3 is 1. The van der Waals surface area contributed by atoms with Crippen LogP contribution in [0.1, 0.15) is 44.7 Å². The summed E-state index contributed by atoms with van der Waals surface area (Å²) < 4.78 is 15.7. The Morgan fingerprint density at radius 1 is 0.939 bits per heavy atom. The summed E-state index contributed by atoms with van der Waals surface area (Å²) in [4.78, 5) is 37.2. The second-order valence-electron chi connectivity index (χ2n) is 8.45. The van der Waals surface area contributed by atoms with E-state index in [0.717, 1.165) is 11.1 Å². The van der Waals surface area contributed by atoms with Crippen molar-refractivity contribution in [2.75, 3.05) is 7.11 Å². The lowest BCUT2D eigenvalue weighted by Gasteiger charge is -2.23. The maximum absolute atomic E-state index is 12.8. The Morgan fingerprint density at radius 3 is 2.21 bits per heavy atom. The molecule has 0 radical (unpaired) electrons. The normalized spacial score (nSPS) is 11.8. The predicted octanol–water partition coefficient (Wildman–Crippen LogP) is 3.73. The molecule has 0 fully saturated rings. The van der Waals surface area contributed by atoms with Gasteiger partial charge in [-0.05, 0) is 50.5 Å². The zero-order valence-electron chi connectivity index (χ0n) is 19.6. The molecule has 2 aromatic carbocycles. The minimum absolute atomic E-state index is 0.0384. The summed E-state index contributed by atoms with van der Waals surface area (Å²) in [5.41, 5.74) is 1.01. The van der Waals surface area contributed by atoms with Crippen LogP contribution in [0.15, 0.2) is 54.6 Å². The van der Waals surface area contributed by atoms with E-state index < -0.39 is 29.6 Å². The summed E-state index contributed by atoms with van der Waals surface area (Å²) in [6, 6.07) is 15.6. The van der Waals surface area contributed by atoms with Crippen molar-refractivity contribution in [1.29, 1.82) is 0 Å². The number of esters is 1. The largest absolute Gasteiger partial charge is 0.497 e. The van der Waals surface area contributed by atoms with Crippen LogP contribution >= 0.6 is 0 Å². The maximum Gasteiger partial charge on any atom is 0.408 e. The highest BCUT2D eigenvalue weighted by Crippen LogP contribution is 2.12. The van der Waals surface area contributed by atoms with E-state index in [1.165, 1.54) is 0 Å². The molecule has 33 heavy (non-hydrogen) atoms. The van der Waals surface area contributed by atoms with Gasteiger partial charge in [0, 0.05) is 13.0 Å². The molecular weight excluding hydrogens is 424 g/mol. The standard InChI is InChI=1S/C25H32N2O6/c1-25(2,3)33-24(30)27-21(14-15-22(28)32-17-19-8-6-5-7-9-19)23(29)26-16-18-10-12-20(31-4)13-11-18/h5-13,21H,14-17H2,1-4H3,(H,26,29)(H,27,30)/t21-/m0/s1. The first kappa shape index (κ1) is 25.7. The molecule has 2 N–H and O–H groups in total. The van der Waals surface area contributed by atoms with Gasteiger partial charge in [-0.25, -0.2) is 4.79 Å². The molecule has 2 aromatic rings. The van der Waals surface area contributed by atoms with Crippen LogP contribution in [-0.4, -0.2) is 36.7 Å². The van der Waals surface area contributed by atoms with Crippen molar-refractivity contribution in [3.63, 3.8) is 0 Å². The van der Waals surface area contributed by atoms with Crippen LogP contribution in [0.5, 0.6) is 5.75 Å². The molecule has 8 heteroatoms. The third-order valence-electron chi connectivity index (χ3n) is 4.51. The highest BCUT2D eigenvalue weighted by molar-refractivity contribution is 5.86. The summed E-state index contributed by atoms with van der Waals surface area (Å²) >= 11 is 0. The molecule has 2 rings (SSSR count). The highest BCUT2D eigenvalue weighted by Gasteiger charge is 2.25. The summed E-state index contributed by atoms with van der Waals surface area (Å²) in [5, 5.41) is 5.34. The Bertz CT molecular complexity index is 907. The number of hydrogen-bond acceptors (Lipinski definition) is 6. The smallest absolute Gasteiger partial charge is 0.408 e. The van der Waals surface area contributed by atoms with Crippen molar-refractivity contribution < 1.29 is 28.6 Å². The number of ether oxygens (including phenoxy) is 3. The van der Waals surface area contributed by atoms with Gasteiger partial charge in [0.25, 0.3) is 0 Å². The van der Waals surface area contributed by atoms with Crippen molar-refractivity contribution in [2.24, 2.45) is 0 Å². The van der Waals surface area contributed by atoms with Gasteiger partial charge in [-0.15, -0.1) is 0 Å². The zero-order valence-corrected chi connectivity index (χ0v) is 19.6. The van der Waals surface area contributed by atoms with Gasteiger partial charge in [0.1, 0.15) is 24.0 Å². The van der Waals surface area contributed by atoms with E-state index in [2.05, 4.69) is 10.6 Å². The second-order valence-corrected chi connectivity index (χ2v) is 8.45. The molecule has 0 aliphatic carbocycles. The number of carbonyl (C=O) groups is 3. The van der Waals surface area contributed by atoms with Crippen molar-refractivity contribution in [3.05, 3.63) is 65.7 Å². The summed E-state index contributed by atoms with van der Waals surface area (Å²) in [6.07, 6.45) is -0.699. The van der Waals surface area contributed by atoms with E-state index in [0.29, 0.717) is 5.75 Å². The second kappa shape index (κ2) is 12.5. The molecule has 0 saturated heterocycles. The molecule has 0 spiro atoms. The molecule has 0 heterocycles. The average molecular weight is 457 g/mol. The molecule has 0 saturated carbocycles. The Labute approximate surface area is 194 Å². The summed E-state index contributed by atoms with van der Waals surface area (Å²) in [7, 11) is 1.58. The van der Waals surface area contributed by atoms with Gasteiger partial charge in [0.15, 0.2) is 0 Å². The highest BCUT2D eigenvalue weighted by atomic mass is 16.6. The SMILES string of the molecule is COc1ccc(CNC(=O)[C@H](CCC(=O)OCc2ccccc2)NC(=O)OC(C)(C)C)cc1. The molecule has 0 aliphatic heterocycles. The molecule has 1 atom stereocenters. The lowest BCUT2D eigenvalue weighted by Crippen LogP contribution is -2.48. The third kappa shape index (κ3) is 10.1. The van der Waals surface area contributed by atoms with Crippen molar-refractivity contribution in [2.45, 2.75) is 58.4 Å². The Kier molecular flexibility index (Phi) is 9.72. The maximum atomic E-state index is 12.8. The average Bonchev–Trinajstić information content (AvgIpc) is 2.78. The fourth-order valence-electron chi connectivity index (χ4n) is 2.85. The number of carbonyl (C=O) groups excluding carboxylic acids is 3. The minimum Gasteiger partial charge on any atom is -0.497 e. The van der Waals surface area contributed by atoms with Crippen LogP contribution < -0.4 is 15.4 Å². The molecule has 2 amide bonds. The van der Waals surface area contributed by atoms with E-state index in [1.54, 1.807) is 40.0 Å². The van der Waals surface area contributed by atoms with Crippen molar-refractivity contribution >= 4 is 18.0 Å². The first-order valence-corrected chi connectivity index (χ1v) is 10.8. The van der Waals surface area contributed by atoms with Crippen LogP contribution in [0.3, 0.4) is 0 Å². The fraction of sp³-hybridized carbons (Fsp3) is 0.400. The number of alkyl carbamates (subject to hydrolysis) is 1. The number of amides is 2. The van der Waals surface area contributed by atoms with Crippen LogP contribution in [0.2, 0.25) is 0 Å². The summed E-state index contributed by atoms with van der Waals surface area (Å²) in [5.74, 6) is -0.172. The topological polar surface area (TPSA) is 103 Å². The molecular formula is C25H32N2O6. The molecule has 0 aromatic heterocycles. The van der Waals surface area contributed by atoms with Crippen LogP contribution in [-0.2, 0) is 32.2 Å². The van der Waals surface area contributed by atoms with E-state index in [4.69, 9.17) is 14.2 Å². The van der Waals surface area contributed by atoms with Gasteiger partial charge in [-0.3, -0.25) is 9.59 Å². The Morgan fingerprint density at radius 2 is 1.61 bits per heavy atom. The van der Waals surface area contributed by atoms with E-state index in [-0.39, 0.29) is 26.0 Å². The molecule has 8 nitrogen and oxygen atoms in total. The van der Waals surface area contributed by atoms with E-state index >= 15 is 0 Å².